The summed E-state index contributed by atoms with van der Waals surface area (Å²) in [5.74, 6) is -1.95. The Morgan fingerprint density at radius 2 is 1.61 bits per heavy atom. The fourth-order valence-electron chi connectivity index (χ4n) is 4.15. The number of aliphatic carboxylic acids is 1. The molecule has 12 heteroatoms. The number of nitrogens with one attached hydrogen (secondary N) is 3. The first kappa shape index (κ1) is 25.8. The highest BCUT2D eigenvalue weighted by Gasteiger charge is 2.29. The van der Waals surface area contributed by atoms with E-state index in [1.54, 1.807) is 36.5 Å². The molecule has 194 valence electrons. The van der Waals surface area contributed by atoms with Crippen molar-refractivity contribution in [2.45, 2.75) is 24.9 Å². The zero-order valence-electron chi connectivity index (χ0n) is 19.9. The van der Waals surface area contributed by atoms with Crippen molar-refractivity contribution in [3.63, 3.8) is 0 Å². The molecule has 0 spiro atoms. The van der Waals surface area contributed by atoms with Gasteiger partial charge in [-0.15, -0.1) is 0 Å². The highest BCUT2D eigenvalue weighted by Crippen LogP contribution is 2.30. The Hall–Kier alpha value is -5.26. The van der Waals surface area contributed by atoms with Crippen LogP contribution in [0.2, 0.25) is 0 Å². The van der Waals surface area contributed by atoms with Crippen LogP contribution in [0.3, 0.4) is 0 Å². The van der Waals surface area contributed by atoms with Crippen molar-refractivity contribution in [2.24, 2.45) is 0 Å². The molecule has 0 saturated heterocycles. The van der Waals surface area contributed by atoms with Gasteiger partial charge in [-0.3, -0.25) is 25.0 Å². The Labute approximate surface area is 215 Å². The molecule has 4 N–H and O–H groups in total. The maximum atomic E-state index is 13.4. The molecule has 0 aliphatic rings. The molecule has 0 aliphatic carbocycles. The van der Waals surface area contributed by atoms with E-state index in [0.29, 0.717) is 11.1 Å². The summed E-state index contributed by atoms with van der Waals surface area (Å²) in [5, 5.41) is 38.7. The van der Waals surface area contributed by atoms with E-state index < -0.39 is 45.2 Å². The van der Waals surface area contributed by atoms with Crippen LogP contribution >= 0.6 is 0 Å². The summed E-state index contributed by atoms with van der Waals surface area (Å²) in [6.45, 7) is 0. The average Bonchev–Trinajstić information content (AvgIpc) is 3.31. The number of hydrogen-bond acceptors (Lipinski definition) is 7. The second-order valence-electron chi connectivity index (χ2n) is 8.57. The molecule has 0 saturated carbocycles. The SMILES string of the molecule is O=C(O)C(Cc1c[nH]c2ccccc12)NC(=O)C(Cc1ccccc1)Nc1ccc([N+](=O)[O-])cc1[N+](=O)[O-]. The predicted octanol–water partition coefficient (Wildman–Crippen LogP) is 3.82. The number of nitro benzene ring substituents is 2. The quantitative estimate of drug-likeness (QED) is 0.171. The normalized spacial score (nSPS) is 12.4. The number of aromatic nitrogens is 1. The van der Waals surface area contributed by atoms with Crippen molar-refractivity contribution in [1.82, 2.24) is 10.3 Å². The maximum absolute atomic E-state index is 13.4. The predicted molar refractivity (Wildman–Crippen MR) is 139 cm³/mol. The third kappa shape index (κ3) is 5.93. The van der Waals surface area contributed by atoms with E-state index in [2.05, 4.69) is 15.6 Å². The van der Waals surface area contributed by atoms with E-state index in [-0.39, 0.29) is 18.5 Å². The standard InChI is InChI=1S/C26H23N5O7/c32-25(29-23(26(33)34)13-17-15-27-20-9-5-4-8-19(17)20)22(12-16-6-2-1-3-7-16)28-21-11-10-18(30(35)36)14-24(21)31(37)38/h1-11,14-15,22-23,27-28H,12-13H2,(H,29,32)(H,33,34). The smallest absolute Gasteiger partial charge is 0.326 e. The minimum absolute atomic E-state index is 0.000817. The number of amides is 1. The van der Waals surface area contributed by atoms with Gasteiger partial charge in [-0.1, -0.05) is 48.5 Å². The van der Waals surface area contributed by atoms with Gasteiger partial charge in [-0.25, -0.2) is 4.79 Å². The molecule has 0 fully saturated rings. The van der Waals surface area contributed by atoms with Crippen molar-refractivity contribution >= 4 is 39.8 Å². The first-order valence-electron chi connectivity index (χ1n) is 11.5. The number of fused-ring (bicyclic) bond motifs is 1. The number of H-pyrrole nitrogens is 1. The number of carboxylic acid groups (broad SMARTS) is 1. The van der Waals surface area contributed by atoms with Crippen molar-refractivity contribution in [3.8, 4) is 0 Å². The van der Waals surface area contributed by atoms with Gasteiger partial charge in [0.05, 0.1) is 15.9 Å². The largest absolute Gasteiger partial charge is 0.480 e. The number of hydrogen-bond donors (Lipinski definition) is 4. The van der Waals surface area contributed by atoms with Crippen LogP contribution in [-0.4, -0.2) is 43.9 Å². The highest BCUT2D eigenvalue weighted by molar-refractivity contribution is 5.90. The molecule has 2 atom stereocenters. The lowest BCUT2D eigenvalue weighted by Crippen LogP contribution is -2.49. The number of carbonyl (C=O) groups is 2. The number of nitrogens with zero attached hydrogens (tertiary/aromatic N) is 2. The van der Waals surface area contributed by atoms with Gasteiger partial charge in [0.15, 0.2) is 0 Å². The molecule has 0 aliphatic heterocycles. The molecule has 1 aromatic heterocycles. The average molecular weight is 517 g/mol. The second-order valence-corrected chi connectivity index (χ2v) is 8.57. The number of para-hydroxylation sites is 1. The fraction of sp³-hybridized carbons (Fsp3) is 0.154. The summed E-state index contributed by atoms with van der Waals surface area (Å²) >= 11 is 0. The van der Waals surface area contributed by atoms with Crippen LogP contribution in [-0.2, 0) is 22.4 Å². The summed E-state index contributed by atoms with van der Waals surface area (Å²) in [6.07, 6.45) is 1.76. The number of aromatic amines is 1. The monoisotopic (exact) mass is 517 g/mol. The molecular formula is C26H23N5O7. The number of non-ortho nitro benzene ring substituents is 1. The third-order valence-corrected chi connectivity index (χ3v) is 6.03. The maximum Gasteiger partial charge on any atom is 0.326 e. The van der Waals surface area contributed by atoms with Crippen LogP contribution in [0.25, 0.3) is 10.9 Å². The molecule has 38 heavy (non-hydrogen) atoms. The van der Waals surface area contributed by atoms with E-state index in [1.165, 1.54) is 0 Å². The number of benzene rings is 3. The number of carboxylic acids is 1. The van der Waals surface area contributed by atoms with Crippen LogP contribution in [0.1, 0.15) is 11.1 Å². The first-order valence-corrected chi connectivity index (χ1v) is 11.5. The molecule has 4 rings (SSSR count). The van der Waals surface area contributed by atoms with E-state index >= 15 is 0 Å². The van der Waals surface area contributed by atoms with E-state index in [9.17, 15) is 34.9 Å². The lowest BCUT2D eigenvalue weighted by molar-refractivity contribution is -0.393. The zero-order valence-corrected chi connectivity index (χ0v) is 19.9. The van der Waals surface area contributed by atoms with Gasteiger partial charge in [0.25, 0.3) is 11.4 Å². The van der Waals surface area contributed by atoms with Crippen LogP contribution in [0.15, 0.2) is 79.0 Å². The van der Waals surface area contributed by atoms with Crippen molar-refractivity contribution in [3.05, 3.63) is 110 Å². The van der Waals surface area contributed by atoms with Gasteiger partial charge in [0.1, 0.15) is 17.8 Å². The lowest BCUT2D eigenvalue weighted by atomic mass is 10.0. The van der Waals surface area contributed by atoms with Gasteiger partial charge in [0.2, 0.25) is 5.91 Å². The Bertz CT molecular complexity index is 1500. The lowest BCUT2D eigenvalue weighted by Gasteiger charge is -2.22. The van der Waals surface area contributed by atoms with Gasteiger partial charge in [0, 0.05) is 36.0 Å². The number of nitro groups is 2. The number of carbonyl (C=O) groups excluding carboxylic acids is 1. The number of anilines is 1. The molecule has 3 aromatic carbocycles. The zero-order chi connectivity index (χ0) is 27.2. The van der Waals surface area contributed by atoms with Crippen LogP contribution in [0.5, 0.6) is 0 Å². The molecule has 1 amide bonds. The third-order valence-electron chi connectivity index (χ3n) is 6.03. The van der Waals surface area contributed by atoms with Gasteiger partial charge in [-0.05, 0) is 23.3 Å². The Morgan fingerprint density at radius 3 is 2.29 bits per heavy atom. The second kappa shape index (κ2) is 11.2. The van der Waals surface area contributed by atoms with Gasteiger partial charge in [-0.2, -0.15) is 0 Å². The molecule has 0 bridgehead atoms. The fourth-order valence-corrected chi connectivity index (χ4v) is 4.15. The van der Waals surface area contributed by atoms with Crippen molar-refractivity contribution in [2.75, 3.05) is 5.32 Å². The van der Waals surface area contributed by atoms with Crippen LogP contribution < -0.4 is 10.6 Å². The van der Waals surface area contributed by atoms with Crippen LogP contribution in [0.4, 0.5) is 17.1 Å². The van der Waals surface area contributed by atoms with Crippen molar-refractivity contribution in [1.29, 1.82) is 0 Å². The molecule has 0 radical (unpaired) electrons. The van der Waals surface area contributed by atoms with E-state index in [1.807, 2.05) is 24.3 Å². The molecule has 2 unspecified atom stereocenters. The van der Waals surface area contributed by atoms with Crippen LogP contribution in [0, 0.1) is 20.2 Å². The van der Waals surface area contributed by atoms with E-state index in [4.69, 9.17) is 0 Å². The summed E-state index contributed by atoms with van der Waals surface area (Å²) in [7, 11) is 0. The minimum atomic E-state index is -1.28. The molecule has 1 heterocycles. The Balaban J connectivity index is 1.62. The molecule has 12 nitrogen and oxygen atoms in total. The minimum Gasteiger partial charge on any atom is -0.480 e. The summed E-state index contributed by atoms with van der Waals surface area (Å²) in [4.78, 5) is 49.7. The summed E-state index contributed by atoms with van der Waals surface area (Å²) in [5.41, 5.74) is 1.07. The molecule has 4 aromatic rings. The Morgan fingerprint density at radius 1 is 0.895 bits per heavy atom. The summed E-state index contributed by atoms with van der Waals surface area (Å²) < 4.78 is 0. The van der Waals surface area contributed by atoms with Crippen molar-refractivity contribution < 1.29 is 24.5 Å². The first-order chi connectivity index (χ1) is 18.2. The Kier molecular flexibility index (Phi) is 7.61. The van der Waals surface area contributed by atoms with E-state index in [0.717, 1.165) is 29.1 Å². The topological polar surface area (TPSA) is 180 Å². The summed E-state index contributed by atoms with van der Waals surface area (Å²) in [6, 6.07) is 16.8. The van der Waals surface area contributed by atoms with Gasteiger partial charge >= 0.3 is 5.97 Å². The molecular weight excluding hydrogens is 494 g/mol. The van der Waals surface area contributed by atoms with Gasteiger partial charge < -0.3 is 20.7 Å². The highest BCUT2D eigenvalue weighted by atomic mass is 16.6. The number of rotatable bonds is 11.